The van der Waals surface area contributed by atoms with Crippen LogP contribution in [0.3, 0.4) is 0 Å². The molecule has 2 aromatic rings. The lowest BCUT2D eigenvalue weighted by molar-refractivity contribution is -0.384. The molecule has 0 fully saturated rings. The van der Waals surface area contributed by atoms with Crippen LogP contribution in [0.15, 0.2) is 48.5 Å². The summed E-state index contributed by atoms with van der Waals surface area (Å²) < 4.78 is 5.02. The number of nitrogens with zero attached hydrogens (tertiary/aromatic N) is 1. The number of nitro groups is 1. The highest BCUT2D eigenvalue weighted by atomic mass is 16.6. The second-order valence-electron chi connectivity index (χ2n) is 4.89. The summed E-state index contributed by atoms with van der Waals surface area (Å²) in [5, 5.41) is 22.3. The predicted molar refractivity (Wildman–Crippen MR) is 84.7 cm³/mol. The van der Waals surface area contributed by atoms with E-state index in [0.29, 0.717) is 0 Å². The number of amides is 1. The smallest absolute Gasteiger partial charge is 0.338 e. The molecule has 8 heteroatoms. The molecule has 0 spiro atoms. The first kappa shape index (κ1) is 16.9. The van der Waals surface area contributed by atoms with Crippen LogP contribution in [0.25, 0.3) is 0 Å². The van der Waals surface area contributed by atoms with E-state index < -0.39 is 22.9 Å². The molecule has 8 nitrogen and oxygen atoms in total. The van der Waals surface area contributed by atoms with Crippen LogP contribution >= 0.6 is 0 Å². The molecule has 0 radical (unpaired) electrons. The van der Waals surface area contributed by atoms with Crippen molar-refractivity contribution in [2.75, 3.05) is 5.32 Å². The molecule has 0 bridgehead atoms. The monoisotopic (exact) mass is 330 g/mol. The maximum atomic E-state index is 12.0. The number of nitrogens with one attached hydrogen (secondary N) is 1. The normalized spacial score (nSPS) is 11.4. The molecule has 2 rings (SSSR count). The first-order valence-corrected chi connectivity index (χ1v) is 6.92. The van der Waals surface area contributed by atoms with E-state index in [-0.39, 0.29) is 22.7 Å². The number of hydrogen-bond donors (Lipinski definition) is 2. The number of phenols is 1. The van der Waals surface area contributed by atoms with Crippen molar-refractivity contribution in [2.45, 2.75) is 13.0 Å². The summed E-state index contributed by atoms with van der Waals surface area (Å²) in [7, 11) is 0. The maximum absolute atomic E-state index is 12.0. The van der Waals surface area contributed by atoms with Gasteiger partial charge in [0.15, 0.2) is 6.10 Å². The fraction of sp³-hybridized carbons (Fsp3) is 0.125. The van der Waals surface area contributed by atoms with E-state index in [4.69, 9.17) is 9.84 Å². The number of rotatable bonds is 5. The molecule has 0 aliphatic carbocycles. The molecule has 0 saturated carbocycles. The van der Waals surface area contributed by atoms with E-state index in [9.17, 15) is 19.7 Å². The Kier molecular flexibility index (Phi) is 5.10. The minimum Gasteiger partial charge on any atom is -0.508 e. The Labute approximate surface area is 136 Å². The molecular formula is C16H14N2O6. The van der Waals surface area contributed by atoms with E-state index >= 15 is 0 Å². The number of anilines is 1. The van der Waals surface area contributed by atoms with E-state index in [1.807, 2.05) is 0 Å². The van der Waals surface area contributed by atoms with Crippen LogP contribution in [0.5, 0.6) is 5.75 Å². The molecule has 24 heavy (non-hydrogen) atoms. The van der Waals surface area contributed by atoms with Crippen molar-refractivity contribution in [1.29, 1.82) is 0 Å². The maximum Gasteiger partial charge on any atom is 0.338 e. The molecule has 124 valence electrons. The highest BCUT2D eigenvalue weighted by molar-refractivity contribution is 5.97. The summed E-state index contributed by atoms with van der Waals surface area (Å²) in [5.41, 5.74) is 0.242. The molecule has 2 aromatic carbocycles. The number of non-ortho nitro benzene ring substituents is 1. The Morgan fingerprint density at radius 3 is 2.50 bits per heavy atom. The van der Waals surface area contributed by atoms with Gasteiger partial charge < -0.3 is 15.2 Å². The number of hydrogen-bond acceptors (Lipinski definition) is 6. The molecule has 1 amide bonds. The van der Waals surface area contributed by atoms with Crippen molar-refractivity contribution in [2.24, 2.45) is 0 Å². The third-order valence-corrected chi connectivity index (χ3v) is 3.08. The van der Waals surface area contributed by atoms with Gasteiger partial charge in [-0.25, -0.2) is 4.79 Å². The number of nitro benzene ring substituents is 1. The lowest BCUT2D eigenvalue weighted by Gasteiger charge is -2.13. The van der Waals surface area contributed by atoms with Gasteiger partial charge in [0.2, 0.25) is 0 Å². The highest BCUT2D eigenvalue weighted by Gasteiger charge is 2.19. The Bertz CT molecular complexity index is 772. The van der Waals surface area contributed by atoms with Gasteiger partial charge in [-0.05, 0) is 37.3 Å². The molecule has 1 atom stereocenters. The first-order chi connectivity index (χ1) is 11.4. The van der Waals surface area contributed by atoms with Crippen LogP contribution in [-0.2, 0) is 9.53 Å². The summed E-state index contributed by atoms with van der Waals surface area (Å²) in [5.74, 6) is -1.35. The van der Waals surface area contributed by atoms with Crippen molar-refractivity contribution in [3.63, 3.8) is 0 Å². The van der Waals surface area contributed by atoms with Crippen molar-refractivity contribution >= 4 is 23.3 Å². The molecule has 0 aliphatic heterocycles. The van der Waals surface area contributed by atoms with Gasteiger partial charge in [-0.15, -0.1) is 0 Å². The van der Waals surface area contributed by atoms with Gasteiger partial charge in [-0.3, -0.25) is 14.9 Å². The number of carbonyl (C=O) groups is 2. The lowest BCUT2D eigenvalue weighted by Crippen LogP contribution is -2.30. The van der Waals surface area contributed by atoms with Gasteiger partial charge in [-0.2, -0.15) is 0 Å². The molecule has 0 aliphatic rings. The summed E-state index contributed by atoms with van der Waals surface area (Å²) >= 11 is 0. The summed E-state index contributed by atoms with van der Waals surface area (Å²) in [4.78, 5) is 34.0. The van der Waals surface area contributed by atoms with Gasteiger partial charge in [0, 0.05) is 17.8 Å². The third-order valence-electron chi connectivity index (χ3n) is 3.08. The number of carbonyl (C=O) groups excluding carboxylic acids is 2. The summed E-state index contributed by atoms with van der Waals surface area (Å²) in [6, 6.07) is 10.8. The van der Waals surface area contributed by atoms with Crippen LogP contribution in [0, 0.1) is 10.1 Å². The molecule has 0 heterocycles. The average molecular weight is 330 g/mol. The van der Waals surface area contributed by atoms with Crippen molar-refractivity contribution in [3.8, 4) is 5.75 Å². The number of aromatic hydroxyl groups is 1. The number of ether oxygens (including phenoxy) is 1. The minimum atomic E-state index is -1.11. The first-order valence-electron chi connectivity index (χ1n) is 6.92. The van der Waals surface area contributed by atoms with Crippen molar-refractivity contribution < 1.29 is 24.4 Å². The van der Waals surface area contributed by atoms with Crippen LogP contribution < -0.4 is 5.32 Å². The van der Waals surface area contributed by atoms with Crippen molar-refractivity contribution in [3.05, 3.63) is 64.2 Å². The minimum absolute atomic E-state index is 0.00279. The average Bonchev–Trinajstić information content (AvgIpc) is 2.55. The zero-order valence-corrected chi connectivity index (χ0v) is 12.6. The van der Waals surface area contributed by atoms with E-state index in [1.54, 1.807) is 0 Å². The Hall–Kier alpha value is -3.42. The fourth-order valence-corrected chi connectivity index (χ4v) is 1.82. The number of benzene rings is 2. The van der Waals surface area contributed by atoms with Gasteiger partial charge in [0.25, 0.3) is 11.6 Å². The fourth-order valence-electron chi connectivity index (χ4n) is 1.82. The standard InChI is InChI=1S/C16H14N2O6/c1-10(24-16(21)11-5-7-14(19)8-6-11)15(20)17-12-3-2-4-13(9-12)18(22)23/h2-10,19H,1H3,(H,17,20)/t10-/m0/s1. The third kappa shape index (κ3) is 4.29. The quantitative estimate of drug-likeness (QED) is 0.494. The lowest BCUT2D eigenvalue weighted by atomic mass is 10.2. The highest BCUT2D eigenvalue weighted by Crippen LogP contribution is 2.17. The van der Waals surface area contributed by atoms with Crippen LogP contribution in [0.1, 0.15) is 17.3 Å². The van der Waals surface area contributed by atoms with Crippen molar-refractivity contribution in [1.82, 2.24) is 0 Å². The molecule has 0 saturated heterocycles. The molecule has 0 aromatic heterocycles. The molecular weight excluding hydrogens is 316 g/mol. The SMILES string of the molecule is C[C@H](OC(=O)c1ccc(O)cc1)C(=O)Nc1cccc([N+](=O)[O-])c1. The van der Waals surface area contributed by atoms with E-state index in [1.165, 1.54) is 55.5 Å². The van der Waals surface area contributed by atoms with Gasteiger partial charge in [-0.1, -0.05) is 6.07 Å². The van der Waals surface area contributed by atoms with Gasteiger partial charge in [0.05, 0.1) is 10.5 Å². The molecule has 0 unspecified atom stereocenters. The number of esters is 1. The summed E-state index contributed by atoms with van der Waals surface area (Å²) in [6.45, 7) is 1.38. The van der Waals surface area contributed by atoms with E-state index in [2.05, 4.69) is 5.32 Å². The van der Waals surface area contributed by atoms with Crippen LogP contribution in [0.4, 0.5) is 11.4 Å². The van der Waals surface area contributed by atoms with E-state index in [0.717, 1.165) is 0 Å². The Morgan fingerprint density at radius 1 is 1.21 bits per heavy atom. The predicted octanol–water partition coefficient (Wildman–Crippen LogP) is 2.48. The van der Waals surface area contributed by atoms with Crippen LogP contribution in [0.2, 0.25) is 0 Å². The largest absolute Gasteiger partial charge is 0.508 e. The summed E-state index contributed by atoms with van der Waals surface area (Å²) in [6.07, 6.45) is -1.11. The molecule has 2 N–H and O–H groups in total. The van der Waals surface area contributed by atoms with Crippen LogP contribution in [-0.4, -0.2) is 28.0 Å². The van der Waals surface area contributed by atoms with Gasteiger partial charge in [0.1, 0.15) is 5.75 Å². The number of phenolic OH excluding ortho intramolecular Hbond substituents is 1. The Balaban J connectivity index is 1.99. The second kappa shape index (κ2) is 7.23. The van der Waals surface area contributed by atoms with Gasteiger partial charge >= 0.3 is 5.97 Å². The second-order valence-corrected chi connectivity index (χ2v) is 4.89. The Morgan fingerprint density at radius 2 is 1.88 bits per heavy atom. The topological polar surface area (TPSA) is 119 Å². The zero-order chi connectivity index (χ0) is 17.7. The zero-order valence-electron chi connectivity index (χ0n) is 12.6.